The molecule has 0 heterocycles. The van der Waals surface area contributed by atoms with Crippen molar-refractivity contribution in [1.29, 1.82) is 0 Å². The van der Waals surface area contributed by atoms with Gasteiger partial charge in [0.1, 0.15) is 5.75 Å². The van der Waals surface area contributed by atoms with Gasteiger partial charge in [-0.2, -0.15) is 0 Å². The van der Waals surface area contributed by atoms with Crippen molar-refractivity contribution in [3.8, 4) is 5.75 Å². The lowest BCUT2D eigenvalue weighted by Gasteiger charge is -2.18. The van der Waals surface area contributed by atoms with Gasteiger partial charge in [-0.05, 0) is 31.0 Å². The normalized spacial score (nSPS) is 13.3. The molecule has 1 atom stereocenters. The van der Waals surface area contributed by atoms with E-state index in [1.807, 2.05) is 13.0 Å². The number of amides is 1. The number of benzene rings is 1. The smallest absolute Gasteiger partial charge is 0.337 e. The first-order chi connectivity index (χ1) is 9.85. The molecular weight excluding hydrogens is 274 g/mol. The Balaban J connectivity index is 2.53. The van der Waals surface area contributed by atoms with Crippen LogP contribution < -0.4 is 10.1 Å². The molecule has 0 aromatic heterocycles. The van der Waals surface area contributed by atoms with E-state index < -0.39 is 11.6 Å². The third-order valence-corrected chi connectivity index (χ3v) is 2.83. The molecule has 0 radical (unpaired) electrons. The second-order valence-electron chi connectivity index (χ2n) is 5.03. The molecule has 6 heteroatoms. The van der Waals surface area contributed by atoms with Gasteiger partial charge in [-0.3, -0.25) is 4.79 Å². The number of ether oxygens (including phenoxy) is 1. The minimum absolute atomic E-state index is 0.0963. The number of rotatable bonds is 8. The number of carbonyl (C=O) groups excluding carboxylic acids is 1. The SMILES string of the molecule is CCCOc1cccc(CC(=O)NCC(C)(O)C(=O)O)c1. The molecule has 116 valence electrons. The van der Waals surface area contributed by atoms with Gasteiger partial charge in [0.2, 0.25) is 5.91 Å². The van der Waals surface area contributed by atoms with Crippen LogP contribution in [0.1, 0.15) is 25.8 Å². The number of aliphatic carboxylic acids is 1. The van der Waals surface area contributed by atoms with Crippen molar-refractivity contribution in [2.24, 2.45) is 0 Å². The maximum absolute atomic E-state index is 11.8. The predicted molar refractivity (Wildman–Crippen MR) is 77.2 cm³/mol. The topological polar surface area (TPSA) is 95.9 Å². The molecule has 0 aliphatic carbocycles. The van der Waals surface area contributed by atoms with E-state index in [-0.39, 0.29) is 18.9 Å². The van der Waals surface area contributed by atoms with Crippen molar-refractivity contribution in [3.63, 3.8) is 0 Å². The van der Waals surface area contributed by atoms with E-state index in [4.69, 9.17) is 9.84 Å². The zero-order valence-electron chi connectivity index (χ0n) is 12.3. The van der Waals surface area contributed by atoms with Crippen LogP contribution in [-0.2, 0) is 16.0 Å². The van der Waals surface area contributed by atoms with E-state index >= 15 is 0 Å². The van der Waals surface area contributed by atoms with Crippen LogP contribution in [0.2, 0.25) is 0 Å². The maximum Gasteiger partial charge on any atom is 0.337 e. The van der Waals surface area contributed by atoms with Gasteiger partial charge in [0.05, 0.1) is 19.6 Å². The lowest BCUT2D eigenvalue weighted by molar-refractivity contribution is -0.156. The van der Waals surface area contributed by atoms with Crippen LogP contribution in [0.15, 0.2) is 24.3 Å². The number of carboxylic acid groups (broad SMARTS) is 1. The Morgan fingerprint density at radius 3 is 2.71 bits per heavy atom. The molecule has 0 aliphatic heterocycles. The molecule has 6 nitrogen and oxygen atoms in total. The molecule has 21 heavy (non-hydrogen) atoms. The molecule has 0 saturated heterocycles. The average Bonchev–Trinajstić information content (AvgIpc) is 2.43. The quantitative estimate of drug-likeness (QED) is 0.664. The van der Waals surface area contributed by atoms with Gasteiger partial charge < -0.3 is 20.3 Å². The Bertz CT molecular complexity index is 499. The molecule has 1 aromatic carbocycles. The summed E-state index contributed by atoms with van der Waals surface area (Å²) in [4.78, 5) is 22.5. The summed E-state index contributed by atoms with van der Waals surface area (Å²) in [6, 6.07) is 7.16. The number of nitrogens with one attached hydrogen (secondary N) is 1. The van der Waals surface area contributed by atoms with Crippen LogP contribution in [0.25, 0.3) is 0 Å². The molecule has 0 spiro atoms. The second kappa shape index (κ2) is 7.64. The number of aliphatic hydroxyl groups is 1. The van der Waals surface area contributed by atoms with Gasteiger partial charge in [-0.15, -0.1) is 0 Å². The van der Waals surface area contributed by atoms with Crippen molar-refractivity contribution >= 4 is 11.9 Å². The Labute approximate surface area is 123 Å². The molecule has 1 amide bonds. The zero-order chi connectivity index (χ0) is 15.9. The number of carbonyl (C=O) groups is 2. The van der Waals surface area contributed by atoms with E-state index in [0.717, 1.165) is 18.9 Å². The molecule has 0 aliphatic rings. The minimum atomic E-state index is -1.97. The number of carboxylic acids is 1. The number of hydrogen-bond donors (Lipinski definition) is 3. The summed E-state index contributed by atoms with van der Waals surface area (Å²) in [5.74, 6) is -1.04. The maximum atomic E-state index is 11.8. The highest BCUT2D eigenvalue weighted by Crippen LogP contribution is 2.14. The lowest BCUT2D eigenvalue weighted by atomic mass is 10.1. The van der Waals surface area contributed by atoms with Crippen LogP contribution >= 0.6 is 0 Å². The van der Waals surface area contributed by atoms with E-state index in [2.05, 4.69) is 5.32 Å². The molecule has 3 N–H and O–H groups in total. The van der Waals surface area contributed by atoms with Crippen LogP contribution in [0, 0.1) is 0 Å². The molecular formula is C15H21NO5. The summed E-state index contributed by atoms with van der Waals surface area (Å²) in [5, 5.41) is 20.7. The van der Waals surface area contributed by atoms with Crippen LogP contribution in [-0.4, -0.2) is 40.8 Å². The third kappa shape index (κ3) is 5.83. The fourth-order valence-electron chi connectivity index (χ4n) is 1.56. The second-order valence-corrected chi connectivity index (χ2v) is 5.03. The molecule has 1 unspecified atom stereocenters. The van der Waals surface area contributed by atoms with Gasteiger partial charge in [0.25, 0.3) is 0 Å². The lowest BCUT2D eigenvalue weighted by Crippen LogP contribution is -2.46. The summed E-state index contributed by atoms with van der Waals surface area (Å²) in [6.45, 7) is 3.41. The first kappa shape index (κ1) is 17.0. The highest BCUT2D eigenvalue weighted by Gasteiger charge is 2.30. The zero-order valence-corrected chi connectivity index (χ0v) is 12.3. The Kier molecular flexibility index (Phi) is 6.17. The van der Waals surface area contributed by atoms with Gasteiger partial charge in [0.15, 0.2) is 5.60 Å². The first-order valence-electron chi connectivity index (χ1n) is 6.79. The summed E-state index contributed by atoms with van der Waals surface area (Å²) >= 11 is 0. The fourth-order valence-corrected chi connectivity index (χ4v) is 1.56. The van der Waals surface area contributed by atoms with E-state index in [1.165, 1.54) is 0 Å². The molecule has 0 saturated carbocycles. The van der Waals surface area contributed by atoms with Crippen LogP contribution in [0.4, 0.5) is 0 Å². The fraction of sp³-hybridized carbons (Fsp3) is 0.467. The van der Waals surface area contributed by atoms with Crippen LogP contribution in [0.5, 0.6) is 5.75 Å². The van der Waals surface area contributed by atoms with E-state index in [0.29, 0.717) is 12.4 Å². The minimum Gasteiger partial charge on any atom is -0.494 e. The summed E-state index contributed by atoms with van der Waals surface area (Å²) in [7, 11) is 0. The van der Waals surface area contributed by atoms with Crippen molar-refractivity contribution in [3.05, 3.63) is 29.8 Å². The highest BCUT2D eigenvalue weighted by molar-refractivity contribution is 5.81. The summed E-state index contributed by atoms with van der Waals surface area (Å²) in [6.07, 6.45) is 0.994. The summed E-state index contributed by atoms with van der Waals surface area (Å²) in [5.41, 5.74) is -1.21. The number of hydrogen-bond acceptors (Lipinski definition) is 4. The summed E-state index contributed by atoms with van der Waals surface area (Å²) < 4.78 is 5.47. The highest BCUT2D eigenvalue weighted by atomic mass is 16.5. The average molecular weight is 295 g/mol. The molecule has 0 fully saturated rings. The van der Waals surface area contributed by atoms with Gasteiger partial charge in [-0.1, -0.05) is 19.1 Å². The standard InChI is InChI=1S/C15H21NO5/c1-3-7-21-12-6-4-5-11(8-12)9-13(17)16-10-15(2,20)14(18)19/h4-6,8,20H,3,7,9-10H2,1-2H3,(H,16,17)(H,18,19). The Morgan fingerprint density at radius 1 is 1.38 bits per heavy atom. The van der Waals surface area contributed by atoms with Crippen molar-refractivity contribution in [1.82, 2.24) is 5.32 Å². The Hall–Kier alpha value is -2.08. The van der Waals surface area contributed by atoms with Gasteiger partial charge >= 0.3 is 5.97 Å². The van der Waals surface area contributed by atoms with E-state index in [1.54, 1.807) is 18.2 Å². The van der Waals surface area contributed by atoms with E-state index in [9.17, 15) is 14.7 Å². The van der Waals surface area contributed by atoms with Crippen LogP contribution in [0.3, 0.4) is 0 Å². The van der Waals surface area contributed by atoms with Crippen molar-refractivity contribution in [2.75, 3.05) is 13.2 Å². The van der Waals surface area contributed by atoms with Gasteiger partial charge in [-0.25, -0.2) is 4.79 Å². The monoisotopic (exact) mass is 295 g/mol. The Morgan fingerprint density at radius 2 is 2.10 bits per heavy atom. The van der Waals surface area contributed by atoms with Crippen molar-refractivity contribution < 1.29 is 24.5 Å². The van der Waals surface area contributed by atoms with Crippen molar-refractivity contribution in [2.45, 2.75) is 32.3 Å². The van der Waals surface area contributed by atoms with Gasteiger partial charge in [0, 0.05) is 0 Å². The third-order valence-electron chi connectivity index (χ3n) is 2.83. The first-order valence-corrected chi connectivity index (χ1v) is 6.79. The predicted octanol–water partition coefficient (Wildman–Crippen LogP) is 0.970. The largest absolute Gasteiger partial charge is 0.494 e. The molecule has 1 rings (SSSR count). The molecule has 1 aromatic rings. The molecule has 0 bridgehead atoms.